The molecule has 2 heterocycles. The molecule has 1 aliphatic rings. The standard InChI is InChI=1S/C16H23N5OS/c1-20(15-10-6-12-22-15)16(23)11-5-9-14-17-18-19-21(14)13-7-3-2-4-8-13/h6,10,12-13H,2-5,7-9,11H2,1H3. The highest BCUT2D eigenvalue weighted by molar-refractivity contribution is 7.80. The second-order valence-electron chi connectivity index (χ2n) is 6.09. The fourth-order valence-electron chi connectivity index (χ4n) is 3.14. The molecule has 2 aromatic rings. The molecular formula is C16H23N5OS. The molecule has 1 aliphatic carbocycles. The van der Waals surface area contributed by atoms with Gasteiger partial charge in [0.05, 0.1) is 17.3 Å². The van der Waals surface area contributed by atoms with Gasteiger partial charge in [0, 0.05) is 19.5 Å². The van der Waals surface area contributed by atoms with Crippen molar-refractivity contribution < 1.29 is 4.42 Å². The molecule has 0 aliphatic heterocycles. The molecular weight excluding hydrogens is 310 g/mol. The third-order valence-electron chi connectivity index (χ3n) is 4.48. The zero-order chi connectivity index (χ0) is 16.1. The SMILES string of the molecule is CN(C(=S)CCCc1nnnn1C1CCCCC1)c1ccco1. The van der Waals surface area contributed by atoms with Gasteiger partial charge in [-0.15, -0.1) is 5.10 Å². The van der Waals surface area contributed by atoms with Gasteiger partial charge >= 0.3 is 0 Å². The van der Waals surface area contributed by atoms with E-state index in [-0.39, 0.29) is 0 Å². The molecule has 7 heteroatoms. The summed E-state index contributed by atoms with van der Waals surface area (Å²) in [5.41, 5.74) is 0. The molecule has 0 unspecified atom stereocenters. The van der Waals surface area contributed by atoms with E-state index in [1.807, 2.05) is 28.8 Å². The van der Waals surface area contributed by atoms with Crippen LogP contribution in [0.3, 0.4) is 0 Å². The Bertz CT molecular complexity index is 618. The monoisotopic (exact) mass is 333 g/mol. The van der Waals surface area contributed by atoms with E-state index in [9.17, 15) is 0 Å². The number of rotatable bonds is 6. The minimum atomic E-state index is 0.478. The fourth-order valence-corrected chi connectivity index (χ4v) is 3.37. The third kappa shape index (κ3) is 3.96. The number of furan rings is 1. The van der Waals surface area contributed by atoms with Crippen LogP contribution in [-0.2, 0) is 6.42 Å². The van der Waals surface area contributed by atoms with Crippen LogP contribution < -0.4 is 4.90 Å². The van der Waals surface area contributed by atoms with Crippen molar-refractivity contribution >= 4 is 23.1 Å². The molecule has 2 aromatic heterocycles. The van der Waals surface area contributed by atoms with Crippen molar-refractivity contribution in [2.75, 3.05) is 11.9 Å². The highest BCUT2D eigenvalue weighted by Crippen LogP contribution is 2.28. The quantitative estimate of drug-likeness (QED) is 0.753. The largest absolute Gasteiger partial charge is 0.448 e. The van der Waals surface area contributed by atoms with Gasteiger partial charge < -0.3 is 9.32 Å². The van der Waals surface area contributed by atoms with Gasteiger partial charge in [-0.25, -0.2) is 4.68 Å². The molecule has 0 N–H and O–H groups in total. The molecule has 124 valence electrons. The first kappa shape index (κ1) is 16.1. The summed E-state index contributed by atoms with van der Waals surface area (Å²) in [5.74, 6) is 1.77. The summed E-state index contributed by atoms with van der Waals surface area (Å²) in [5, 5.41) is 12.3. The molecule has 6 nitrogen and oxygen atoms in total. The van der Waals surface area contributed by atoms with Crippen molar-refractivity contribution in [3.8, 4) is 0 Å². The van der Waals surface area contributed by atoms with Crippen molar-refractivity contribution in [2.24, 2.45) is 0 Å². The van der Waals surface area contributed by atoms with Gasteiger partial charge in [-0.1, -0.05) is 31.5 Å². The van der Waals surface area contributed by atoms with Crippen LogP contribution in [0.15, 0.2) is 22.8 Å². The smallest absolute Gasteiger partial charge is 0.199 e. The van der Waals surface area contributed by atoms with Gasteiger partial charge in [0.1, 0.15) is 0 Å². The van der Waals surface area contributed by atoms with Crippen molar-refractivity contribution in [3.05, 3.63) is 24.2 Å². The van der Waals surface area contributed by atoms with Gasteiger partial charge in [0.15, 0.2) is 11.7 Å². The first-order chi connectivity index (χ1) is 11.3. The number of tetrazole rings is 1. The Morgan fingerprint density at radius 3 is 2.96 bits per heavy atom. The normalized spacial score (nSPS) is 15.7. The Balaban J connectivity index is 1.51. The number of nitrogens with zero attached hydrogens (tertiary/aromatic N) is 5. The summed E-state index contributed by atoms with van der Waals surface area (Å²) >= 11 is 5.48. The summed E-state index contributed by atoms with van der Waals surface area (Å²) in [6.45, 7) is 0. The Labute approximate surface area is 141 Å². The maximum atomic E-state index is 5.48. The number of hydrogen-bond acceptors (Lipinski definition) is 5. The molecule has 1 saturated carbocycles. The molecule has 1 fully saturated rings. The lowest BCUT2D eigenvalue weighted by Crippen LogP contribution is -2.24. The van der Waals surface area contributed by atoms with Crippen LogP contribution in [0.2, 0.25) is 0 Å². The number of anilines is 1. The van der Waals surface area contributed by atoms with Gasteiger partial charge in [-0.2, -0.15) is 0 Å². The van der Waals surface area contributed by atoms with Crippen LogP contribution in [0.5, 0.6) is 0 Å². The van der Waals surface area contributed by atoms with Gasteiger partial charge in [0.2, 0.25) is 0 Å². The lowest BCUT2D eigenvalue weighted by Gasteiger charge is -2.22. The van der Waals surface area contributed by atoms with E-state index in [0.717, 1.165) is 36.0 Å². The van der Waals surface area contributed by atoms with Crippen LogP contribution in [0.25, 0.3) is 0 Å². The second-order valence-corrected chi connectivity index (χ2v) is 6.56. The van der Waals surface area contributed by atoms with E-state index in [4.69, 9.17) is 16.6 Å². The Morgan fingerprint density at radius 2 is 2.22 bits per heavy atom. The van der Waals surface area contributed by atoms with Gasteiger partial charge in [-0.05, 0) is 42.2 Å². The summed E-state index contributed by atoms with van der Waals surface area (Å²) in [6.07, 6.45) is 10.6. The predicted octanol–water partition coefficient (Wildman–Crippen LogP) is 3.56. The van der Waals surface area contributed by atoms with E-state index < -0.39 is 0 Å². The first-order valence-electron chi connectivity index (χ1n) is 8.32. The van der Waals surface area contributed by atoms with E-state index in [0.29, 0.717) is 6.04 Å². The number of thiocarbonyl (C=S) groups is 1. The summed E-state index contributed by atoms with van der Waals surface area (Å²) in [4.78, 5) is 2.79. The maximum absolute atomic E-state index is 5.48. The topological polar surface area (TPSA) is 60.0 Å². The lowest BCUT2D eigenvalue weighted by atomic mass is 9.95. The number of aromatic nitrogens is 4. The molecule has 0 bridgehead atoms. The molecule has 0 saturated heterocycles. The average Bonchev–Trinajstić information content (AvgIpc) is 3.26. The Hall–Kier alpha value is -1.76. The molecule has 0 radical (unpaired) electrons. The van der Waals surface area contributed by atoms with E-state index in [2.05, 4.69) is 15.5 Å². The molecule has 0 atom stereocenters. The van der Waals surface area contributed by atoms with Gasteiger partial charge in [-0.3, -0.25) is 0 Å². The number of hydrogen-bond donors (Lipinski definition) is 0. The van der Waals surface area contributed by atoms with Crippen LogP contribution in [0.4, 0.5) is 5.88 Å². The van der Waals surface area contributed by atoms with Crippen LogP contribution in [-0.4, -0.2) is 32.2 Å². The zero-order valence-electron chi connectivity index (χ0n) is 13.5. The fraction of sp³-hybridized carbons (Fsp3) is 0.625. The number of aryl methyl sites for hydroxylation is 1. The molecule has 0 amide bonds. The summed E-state index contributed by atoms with van der Waals surface area (Å²) < 4.78 is 7.41. The van der Waals surface area contributed by atoms with Crippen molar-refractivity contribution in [1.82, 2.24) is 20.2 Å². The highest BCUT2D eigenvalue weighted by atomic mass is 32.1. The molecule has 3 rings (SSSR count). The van der Waals surface area contributed by atoms with E-state index >= 15 is 0 Å². The summed E-state index contributed by atoms with van der Waals surface area (Å²) in [7, 11) is 1.94. The van der Waals surface area contributed by atoms with Crippen LogP contribution >= 0.6 is 12.2 Å². The average molecular weight is 333 g/mol. The van der Waals surface area contributed by atoms with Gasteiger partial charge in [0.25, 0.3) is 0 Å². The van der Waals surface area contributed by atoms with Crippen molar-refractivity contribution in [2.45, 2.75) is 57.4 Å². The van der Waals surface area contributed by atoms with Crippen molar-refractivity contribution in [1.29, 1.82) is 0 Å². The predicted molar refractivity (Wildman–Crippen MR) is 92.6 cm³/mol. The lowest BCUT2D eigenvalue weighted by molar-refractivity contribution is 0.316. The minimum Gasteiger partial charge on any atom is -0.448 e. The maximum Gasteiger partial charge on any atom is 0.199 e. The van der Waals surface area contributed by atoms with E-state index in [1.54, 1.807) is 6.26 Å². The molecule has 0 aromatic carbocycles. The molecule has 0 spiro atoms. The van der Waals surface area contributed by atoms with E-state index in [1.165, 1.54) is 32.1 Å². The second kappa shape index (κ2) is 7.68. The van der Waals surface area contributed by atoms with Crippen LogP contribution in [0, 0.1) is 0 Å². The highest BCUT2D eigenvalue weighted by Gasteiger charge is 2.20. The minimum absolute atomic E-state index is 0.478. The van der Waals surface area contributed by atoms with Crippen molar-refractivity contribution in [3.63, 3.8) is 0 Å². The Morgan fingerprint density at radius 1 is 1.39 bits per heavy atom. The van der Waals surface area contributed by atoms with Crippen LogP contribution in [0.1, 0.15) is 56.8 Å². The molecule has 23 heavy (non-hydrogen) atoms. The first-order valence-corrected chi connectivity index (χ1v) is 8.73. The Kier molecular flexibility index (Phi) is 5.38. The zero-order valence-corrected chi connectivity index (χ0v) is 14.3. The summed E-state index contributed by atoms with van der Waals surface area (Å²) in [6, 6.07) is 4.26. The third-order valence-corrected chi connectivity index (χ3v) is 4.96.